The largest absolute Gasteiger partial charge is 0.482 e. The Bertz CT molecular complexity index is 912. The summed E-state index contributed by atoms with van der Waals surface area (Å²) >= 11 is 0. The molecule has 0 aromatic heterocycles. The molecule has 3 atom stereocenters. The Morgan fingerprint density at radius 1 is 0.973 bits per heavy atom. The Morgan fingerprint density at radius 2 is 1.59 bits per heavy atom. The van der Waals surface area contributed by atoms with Gasteiger partial charge in [-0.1, -0.05) is 18.2 Å². The van der Waals surface area contributed by atoms with Crippen LogP contribution in [0.4, 0.5) is 4.79 Å². The molecule has 1 N–H and O–H groups in total. The van der Waals surface area contributed by atoms with Crippen molar-refractivity contribution < 1.29 is 33.6 Å². The molecule has 0 bridgehead atoms. The average Bonchev–Trinajstić information content (AvgIpc) is 3.07. The van der Waals surface area contributed by atoms with E-state index in [4.69, 9.17) is 18.9 Å². The standard InChI is InChI=1S/C29H45NO7/c1-19-16-24(31)23(30(19)27(33)37-29(5,6)7)17-34-21-14-12-20(13-15-21)22-10-8-9-11-25(22)35-18-26(32)36-28(2,3)4/h8-11,19-21,23-24,31H,12-18H2,1-7H3/t19-,20?,21?,23?,24?/m1/s1. The molecule has 37 heavy (non-hydrogen) atoms. The first kappa shape index (κ1) is 29.2. The van der Waals surface area contributed by atoms with E-state index in [1.807, 2.05) is 66.7 Å². The number of rotatable bonds is 7. The normalized spacial score (nSPS) is 26.6. The Balaban J connectivity index is 1.52. The molecule has 1 aromatic rings. The molecular weight excluding hydrogens is 474 g/mol. The van der Waals surface area contributed by atoms with Crippen molar-refractivity contribution in [2.45, 2.75) is 122 Å². The highest BCUT2D eigenvalue weighted by molar-refractivity contribution is 5.71. The number of nitrogens with zero attached hydrogens (tertiary/aromatic N) is 1. The van der Waals surface area contributed by atoms with Crippen LogP contribution in [0.1, 0.15) is 92.1 Å². The molecule has 208 valence electrons. The maximum atomic E-state index is 12.8. The number of aliphatic hydroxyl groups is 1. The molecule has 1 heterocycles. The van der Waals surface area contributed by atoms with E-state index in [1.54, 1.807) is 4.90 Å². The number of carbonyl (C=O) groups excluding carboxylic acids is 2. The third kappa shape index (κ3) is 8.60. The van der Waals surface area contributed by atoms with Crippen LogP contribution in [0.15, 0.2) is 24.3 Å². The zero-order chi connectivity index (χ0) is 27.4. The van der Waals surface area contributed by atoms with Crippen molar-refractivity contribution in [3.05, 3.63) is 29.8 Å². The van der Waals surface area contributed by atoms with Gasteiger partial charge in [-0.3, -0.25) is 4.90 Å². The van der Waals surface area contributed by atoms with E-state index < -0.39 is 29.4 Å². The van der Waals surface area contributed by atoms with Crippen LogP contribution in [0, 0.1) is 0 Å². The monoisotopic (exact) mass is 519 g/mol. The topological polar surface area (TPSA) is 94.5 Å². The fraction of sp³-hybridized carbons (Fsp3) is 0.724. The maximum absolute atomic E-state index is 12.8. The molecule has 1 saturated heterocycles. The van der Waals surface area contributed by atoms with Crippen LogP contribution in [0.25, 0.3) is 0 Å². The lowest BCUT2D eigenvalue weighted by Crippen LogP contribution is -2.47. The minimum absolute atomic E-state index is 0.0645. The van der Waals surface area contributed by atoms with Crippen LogP contribution >= 0.6 is 0 Å². The highest BCUT2D eigenvalue weighted by atomic mass is 16.6. The summed E-state index contributed by atoms with van der Waals surface area (Å²) in [7, 11) is 0. The average molecular weight is 520 g/mol. The van der Waals surface area contributed by atoms with Gasteiger partial charge in [0.25, 0.3) is 0 Å². The van der Waals surface area contributed by atoms with E-state index >= 15 is 0 Å². The van der Waals surface area contributed by atoms with Gasteiger partial charge in [0.2, 0.25) is 0 Å². The van der Waals surface area contributed by atoms with Crippen molar-refractivity contribution >= 4 is 12.1 Å². The van der Waals surface area contributed by atoms with Crippen molar-refractivity contribution in [3.63, 3.8) is 0 Å². The minimum Gasteiger partial charge on any atom is -0.482 e. The maximum Gasteiger partial charge on any atom is 0.410 e. The van der Waals surface area contributed by atoms with Crippen LogP contribution in [0.3, 0.4) is 0 Å². The molecule has 0 spiro atoms. The molecule has 0 radical (unpaired) electrons. The number of likely N-dealkylation sites (tertiary alicyclic amines) is 1. The number of aliphatic hydroxyl groups excluding tert-OH is 1. The van der Waals surface area contributed by atoms with Gasteiger partial charge in [0, 0.05) is 6.04 Å². The molecule has 1 amide bonds. The van der Waals surface area contributed by atoms with E-state index in [0.29, 0.717) is 18.1 Å². The molecule has 2 fully saturated rings. The molecule has 1 aromatic carbocycles. The molecule has 8 heteroatoms. The van der Waals surface area contributed by atoms with Gasteiger partial charge in [-0.25, -0.2) is 9.59 Å². The number of ether oxygens (including phenoxy) is 4. The van der Waals surface area contributed by atoms with Crippen molar-refractivity contribution in [3.8, 4) is 5.75 Å². The lowest BCUT2D eigenvalue weighted by atomic mass is 9.82. The predicted octanol–water partition coefficient (Wildman–Crippen LogP) is 5.21. The summed E-state index contributed by atoms with van der Waals surface area (Å²) in [5, 5.41) is 10.6. The number of amides is 1. The summed E-state index contributed by atoms with van der Waals surface area (Å²) in [6.45, 7) is 13.1. The van der Waals surface area contributed by atoms with Gasteiger partial charge < -0.3 is 24.1 Å². The predicted molar refractivity (Wildman–Crippen MR) is 141 cm³/mol. The Kier molecular flexibility index (Phi) is 9.51. The molecule has 8 nitrogen and oxygen atoms in total. The summed E-state index contributed by atoms with van der Waals surface area (Å²) < 4.78 is 23.0. The van der Waals surface area contributed by atoms with E-state index in [0.717, 1.165) is 31.2 Å². The van der Waals surface area contributed by atoms with E-state index in [9.17, 15) is 14.7 Å². The van der Waals surface area contributed by atoms with Gasteiger partial charge >= 0.3 is 12.1 Å². The van der Waals surface area contributed by atoms with Crippen LogP contribution in [0.5, 0.6) is 5.75 Å². The summed E-state index contributed by atoms with van der Waals surface area (Å²) in [6, 6.07) is 7.34. The van der Waals surface area contributed by atoms with Crippen molar-refractivity contribution in [2.24, 2.45) is 0 Å². The second-order valence-electron chi connectivity index (χ2n) is 12.3. The van der Waals surface area contributed by atoms with Gasteiger partial charge in [0.05, 0.1) is 24.9 Å². The first-order valence-electron chi connectivity index (χ1n) is 13.5. The third-order valence-electron chi connectivity index (χ3n) is 6.76. The Labute approximate surface area is 221 Å². The fourth-order valence-electron chi connectivity index (χ4n) is 5.19. The Hall–Kier alpha value is -2.32. The summed E-state index contributed by atoms with van der Waals surface area (Å²) in [4.78, 5) is 26.5. The number of para-hydroxylation sites is 1. The van der Waals surface area contributed by atoms with Crippen LogP contribution in [-0.2, 0) is 19.0 Å². The van der Waals surface area contributed by atoms with Gasteiger partial charge in [-0.05, 0) is 98.1 Å². The van der Waals surface area contributed by atoms with Crippen molar-refractivity contribution in [1.29, 1.82) is 0 Å². The van der Waals surface area contributed by atoms with Crippen molar-refractivity contribution in [1.82, 2.24) is 4.90 Å². The van der Waals surface area contributed by atoms with E-state index in [2.05, 4.69) is 6.07 Å². The number of carbonyl (C=O) groups is 2. The van der Waals surface area contributed by atoms with Gasteiger partial charge in [0.1, 0.15) is 17.0 Å². The highest BCUT2D eigenvalue weighted by Crippen LogP contribution is 2.39. The summed E-state index contributed by atoms with van der Waals surface area (Å²) in [6.07, 6.45) is 3.14. The van der Waals surface area contributed by atoms with Crippen molar-refractivity contribution in [2.75, 3.05) is 13.2 Å². The molecule has 1 saturated carbocycles. The first-order valence-corrected chi connectivity index (χ1v) is 13.5. The smallest absolute Gasteiger partial charge is 0.410 e. The van der Waals surface area contributed by atoms with Gasteiger partial charge in [0.15, 0.2) is 6.61 Å². The quantitative estimate of drug-likeness (QED) is 0.494. The third-order valence-corrected chi connectivity index (χ3v) is 6.76. The fourth-order valence-corrected chi connectivity index (χ4v) is 5.19. The number of benzene rings is 1. The van der Waals surface area contributed by atoms with Crippen LogP contribution in [-0.4, -0.2) is 70.8 Å². The minimum atomic E-state index is -0.632. The molecule has 1 aliphatic heterocycles. The zero-order valence-electron chi connectivity index (χ0n) is 23.5. The zero-order valence-corrected chi connectivity index (χ0v) is 23.5. The van der Waals surface area contributed by atoms with E-state index in [-0.39, 0.29) is 31.3 Å². The molecule has 2 unspecified atom stereocenters. The lowest BCUT2D eigenvalue weighted by Gasteiger charge is -2.34. The van der Waals surface area contributed by atoms with E-state index in [1.165, 1.54) is 0 Å². The van der Waals surface area contributed by atoms with Gasteiger partial charge in [-0.2, -0.15) is 0 Å². The summed E-state index contributed by atoms with van der Waals surface area (Å²) in [5.74, 6) is 0.641. The molecule has 2 aliphatic rings. The second kappa shape index (κ2) is 12.0. The number of hydrogen-bond donors (Lipinski definition) is 1. The number of hydrogen-bond acceptors (Lipinski definition) is 7. The van der Waals surface area contributed by atoms with Crippen LogP contribution < -0.4 is 4.74 Å². The highest BCUT2D eigenvalue weighted by Gasteiger charge is 2.43. The first-order chi connectivity index (χ1) is 17.2. The molecule has 1 aliphatic carbocycles. The molecular formula is C29H45NO7. The SMILES string of the molecule is C[C@@H]1CC(O)C(COC2CCC(c3ccccc3OCC(=O)OC(C)(C)C)CC2)N1C(=O)OC(C)(C)C. The van der Waals surface area contributed by atoms with Gasteiger partial charge in [-0.15, -0.1) is 0 Å². The molecule has 3 rings (SSSR count). The van der Waals surface area contributed by atoms with Crippen LogP contribution in [0.2, 0.25) is 0 Å². The lowest BCUT2D eigenvalue weighted by molar-refractivity contribution is -0.157. The summed E-state index contributed by atoms with van der Waals surface area (Å²) in [5.41, 5.74) is -0.0451. The Morgan fingerprint density at radius 3 is 2.22 bits per heavy atom. The number of esters is 1. The second-order valence-corrected chi connectivity index (χ2v) is 12.3.